The number of hydrogen-bond acceptors (Lipinski definition) is 6. The number of morpholine rings is 1. The maximum absolute atomic E-state index is 15.0. The van der Waals surface area contributed by atoms with Crippen LogP contribution in [0.2, 0.25) is 0 Å². The number of nitrogens with zero attached hydrogens (tertiary/aromatic N) is 5. The minimum Gasteiger partial charge on any atom is -0.378 e. The molecule has 1 aliphatic rings. The van der Waals surface area contributed by atoms with Gasteiger partial charge in [-0.2, -0.15) is 5.10 Å². The molecule has 0 radical (unpaired) electrons. The summed E-state index contributed by atoms with van der Waals surface area (Å²) in [5.41, 5.74) is 4.09. The Labute approximate surface area is 197 Å². The predicted octanol–water partition coefficient (Wildman–Crippen LogP) is 4.38. The molecule has 0 N–H and O–H groups in total. The Kier molecular flexibility index (Phi) is 6.06. The van der Waals surface area contributed by atoms with Crippen molar-refractivity contribution in [1.82, 2.24) is 19.7 Å². The van der Waals surface area contributed by atoms with Gasteiger partial charge in [-0.3, -0.25) is 4.68 Å². The molecule has 34 heavy (non-hydrogen) atoms. The lowest BCUT2D eigenvalue weighted by Gasteiger charge is -2.29. The Bertz CT molecular complexity index is 1330. The standard InChI is InChI=1S/C26H26FN5O2/c1-17(2)32-14-19(13-30-32)23(15-33)18-3-6-24(27)22(11-18)26-21-5-4-20(12-25(21)28-16-29-26)31-7-9-34-10-8-31/h3-6,11-17,23H,7-10H2,1-2H3. The Morgan fingerprint density at radius 3 is 2.62 bits per heavy atom. The molecule has 0 saturated carbocycles. The lowest BCUT2D eigenvalue weighted by atomic mass is 9.92. The molecule has 1 aliphatic heterocycles. The maximum atomic E-state index is 15.0. The van der Waals surface area contributed by atoms with Crippen molar-refractivity contribution in [3.8, 4) is 11.3 Å². The minimum atomic E-state index is -0.548. The molecular formula is C26H26FN5O2. The molecule has 1 atom stereocenters. The van der Waals surface area contributed by atoms with Crippen LogP contribution in [0.4, 0.5) is 10.1 Å². The molecule has 7 nitrogen and oxygen atoms in total. The molecule has 0 bridgehead atoms. The Balaban J connectivity index is 1.55. The fourth-order valence-electron chi connectivity index (χ4n) is 4.34. The third kappa shape index (κ3) is 4.17. The second-order valence-corrected chi connectivity index (χ2v) is 8.72. The Morgan fingerprint density at radius 1 is 1.06 bits per heavy atom. The molecule has 1 saturated heterocycles. The van der Waals surface area contributed by atoms with Crippen LogP contribution in [0.3, 0.4) is 0 Å². The monoisotopic (exact) mass is 459 g/mol. The van der Waals surface area contributed by atoms with Gasteiger partial charge in [0.25, 0.3) is 0 Å². The van der Waals surface area contributed by atoms with Gasteiger partial charge in [0, 0.05) is 47.5 Å². The number of anilines is 1. The van der Waals surface area contributed by atoms with E-state index in [1.54, 1.807) is 23.0 Å². The molecular weight excluding hydrogens is 433 g/mol. The SMILES string of the molecule is CC(C)n1cc(C(C=O)c2ccc(F)c(-c3ncnc4cc(N5CCOCC5)ccc34)c2)cn1. The first-order valence-corrected chi connectivity index (χ1v) is 11.4. The third-order valence-corrected chi connectivity index (χ3v) is 6.25. The Morgan fingerprint density at radius 2 is 1.88 bits per heavy atom. The highest BCUT2D eigenvalue weighted by Crippen LogP contribution is 2.33. The molecule has 2 aromatic carbocycles. The second-order valence-electron chi connectivity index (χ2n) is 8.72. The highest BCUT2D eigenvalue weighted by molar-refractivity contribution is 5.94. The summed E-state index contributed by atoms with van der Waals surface area (Å²) in [6.07, 6.45) is 5.87. The molecule has 0 spiro atoms. The number of halogens is 1. The number of rotatable bonds is 6. The smallest absolute Gasteiger partial charge is 0.132 e. The number of benzene rings is 2. The molecule has 4 aromatic rings. The normalized spacial score (nSPS) is 15.1. The molecule has 0 aliphatic carbocycles. The highest BCUT2D eigenvalue weighted by Gasteiger charge is 2.20. The van der Waals surface area contributed by atoms with Crippen molar-refractivity contribution in [2.45, 2.75) is 25.8 Å². The van der Waals surface area contributed by atoms with Crippen LogP contribution in [-0.2, 0) is 9.53 Å². The van der Waals surface area contributed by atoms with Crippen LogP contribution in [0, 0.1) is 5.82 Å². The van der Waals surface area contributed by atoms with E-state index in [0.29, 0.717) is 30.0 Å². The number of fused-ring (bicyclic) bond motifs is 1. The van der Waals surface area contributed by atoms with Crippen molar-refractivity contribution in [1.29, 1.82) is 0 Å². The zero-order valence-corrected chi connectivity index (χ0v) is 19.2. The third-order valence-electron chi connectivity index (χ3n) is 6.25. The van der Waals surface area contributed by atoms with Crippen molar-refractivity contribution in [2.75, 3.05) is 31.2 Å². The second kappa shape index (κ2) is 9.30. The van der Waals surface area contributed by atoms with Gasteiger partial charge in [0.1, 0.15) is 18.4 Å². The largest absolute Gasteiger partial charge is 0.378 e. The summed E-state index contributed by atoms with van der Waals surface area (Å²) in [5.74, 6) is -0.948. The maximum Gasteiger partial charge on any atom is 0.132 e. The van der Waals surface area contributed by atoms with Gasteiger partial charge in [0.15, 0.2) is 0 Å². The fraction of sp³-hybridized carbons (Fsp3) is 0.308. The van der Waals surface area contributed by atoms with Crippen molar-refractivity contribution in [3.63, 3.8) is 0 Å². The van der Waals surface area contributed by atoms with Gasteiger partial charge in [0.2, 0.25) is 0 Å². The van der Waals surface area contributed by atoms with Gasteiger partial charge in [0.05, 0.1) is 36.5 Å². The molecule has 0 amide bonds. The van der Waals surface area contributed by atoms with Crippen LogP contribution < -0.4 is 4.90 Å². The number of carbonyl (C=O) groups excluding carboxylic acids is 1. The summed E-state index contributed by atoms with van der Waals surface area (Å²) in [7, 11) is 0. The molecule has 2 aromatic heterocycles. The first-order valence-electron chi connectivity index (χ1n) is 11.4. The topological polar surface area (TPSA) is 73.1 Å². The number of carbonyl (C=O) groups is 1. The molecule has 5 rings (SSSR count). The van der Waals surface area contributed by atoms with E-state index in [0.717, 1.165) is 41.5 Å². The lowest BCUT2D eigenvalue weighted by Crippen LogP contribution is -2.36. The van der Waals surface area contributed by atoms with Crippen molar-refractivity contribution in [2.24, 2.45) is 0 Å². The van der Waals surface area contributed by atoms with E-state index in [1.807, 2.05) is 38.2 Å². The van der Waals surface area contributed by atoms with Gasteiger partial charge >= 0.3 is 0 Å². The fourth-order valence-corrected chi connectivity index (χ4v) is 4.34. The van der Waals surface area contributed by atoms with Gasteiger partial charge in [-0.1, -0.05) is 6.07 Å². The molecule has 1 fully saturated rings. The van der Waals surface area contributed by atoms with Crippen molar-refractivity contribution >= 4 is 22.9 Å². The highest BCUT2D eigenvalue weighted by atomic mass is 19.1. The van der Waals surface area contributed by atoms with Crippen LogP contribution in [-0.4, -0.2) is 52.3 Å². The van der Waals surface area contributed by atoms with Crippen molar-refractivity contribution < 1.29 is 13.9 Å². The number of aromatic nitrogens is 4. The summed E-state index contributed by atoms with van der Waals surface area (Å²) in [6, 6.07) is 10.9. The van der Waals surface area contributed by atoms with E-state index in [4.69, 9.17) is 4.74 Å². The zero-order valence-electron chi connectivity index (χ0n) is 19.2. The summed E-state index contributed by atoms with van der Waals surface area (Å²) < 4.78 is 22.3. The number of hydrogen-bond donors (Lipinski definition) is 0. The average Bonchev–Trinajstić information content (AvgIpc) is 3.36. The molecule has 1 unspecified atom stereocenters. The van der Waals surface area contributed by atoms with Crippen LogP contribution in [0.25, 0.3) is 22.2 Å². The van der Waals surface area contributed by atoms with E-state index in [2.05, 4.69) is 20.0 Å². The van der Waals surface area contributed by atoms with Crippen LogP contribution in [0.1, 0.15) is 36.9 Å². The quantitative estimate of drug-likeness (QED) is 0.399. The zero-order chi connectivity index (χ0) is 23.7. The summed E-state index contributed by atoms with van der Waals surface area (Å²) in [6.45, 7) is 7.07. The summed E-state index contributed by atoms with van der Waals surface area (Å²) in [4.78, 5) is 23.1. The van der Waals surface area contributed by atoms with Gasteiger partial charge < -0.3 is 14.4 Å². The van der Waals surface area contributed by atoms with E-state index in [-0.39, 0.29) is 6.04 Å². The summed E-state index contributed by atoms with van der Waals surface area (Å²) in [5, 5.41) is 5.10. The van der Waals surface area contributed by atoms with E-state index in [9.17, 15) is 4.79 Å². The first kappa shape index (κ1) is 22.2. The molecule has 3 heterocycles. The van der Waals surface area contributed by atoms with Gasteiger partial charge in [-0.25, -0.2) is 14.4 Å². The predicted molar refractivity (Wildman–Crippen MR) is 128 cm³/mol. The molecule has 174 valence electrons. The lowest BCUT2D eigenvalue weighted by molar-refractivity contribution is -0.108. The summed E-state index contributed by atoms with van der Waals surface area (Å²) >= 11 is 0. The van der Waals surface area contributed by atoms with Crippen LogP contribution in [0.5, 0.6) is 0 Å². The molecule has 8 heteroatoms. The number of ether oxygens (including phenoxy) is 1. The van der Waals surface area contributed by atoms with Gasteiger partial charge in [-0.05, 0) is 49.7 Å². The average molecular weight is 460 g/mol. The van der Waals surface area contributed by atoms with E-state index < -0.39 is 11.7 Å². The first-order chi connectivity index (χ1) is 16.5. The Hall–Kier alpha value is -3.65. The van der Waals surface area contributed by atoms with Crippen molar-refractivity contribution in [3.05, 3.63) is 72.1 Å². The van der Waals surface area contributed by atoms with Crippen LogP contribution in [0.15, 0.2) is 55.1 Å². The van der Waals surface area contributed by atoms with Crippen LogP contribution >= 0.6 is 0 Å². The van der Waals surface area contributed by atoms with Gasteiger partial charge in [-0.15, -0.1) is 0 Å². The number of aldehydes is 1. The van der Waals surface area contributed by atoms with E-state index in [1.165, 1.54) is 12.4 Å². The minimum absolute atomic E-state index is 0.180. The van der Waals surface area contributed by atoms with E-state index >= 15 is 4.39 Å².